The van der Waals surface area contributed by atoms with Gasteiger partial charge in [-0.2, -0.15) is 0 Å². The molecule has 0 N–H and O–H groups in total. The summed E-state index contributed by atoms with van der Waals surface area (Å²) in [5.74, 6) is 1.36. The Bertz CT molecular complexity index is 1230. The van der Waals surface area contributed by atoms with Crippen molar-refractivity contribution in [1.29, 1.82) is 0 Å². The van der Waals surface area contributed by atoms with Crippen LogP contribution in [-0.2, 0) is 10.6 Å². The van der Waals surface area contributed by atoms with Gasteiger partial charge in [-0.25, -0.2) is 9.37 Å². The summed E-state index contributed by atoms with van der Waals surface area (Å²) in [5.41, 5.74) is 4.24. The van der Waals surface area contributed by atoms with Gasteiger partial charge in [0.25, 0.3) is 0 Å². The highest BCUT2D eigenvalue weighted by atomic mass is 19.1. The predicted molar refractivity (Wildman–Crippen MR) is 126 cm³/mol. The second-order valence-corrected chi connectivity index (χ2v) is 8.43. The van der Waals surface area contributed by atoms with Crippen LogP contribution in [-0.4, -0.2) is 33.9 Å². The summed E-state index contributed by atoms with van der Waals surface area (Å²) in [6.07, 6.45) is 8.50. The lowest BCUT2D eigenvalue weighted by atomic mass is 9.93. The Labute approximate surface area is 192 Å². The van der Waals surface area contributed by atoms with Crippen LogP contribution in [0.3, 0.4) is 0 Å². The summed E-state index contributed by atoms with van der Waals surface area (Å²) in [5, 5.41) is 4.51. The lowest BCUT2D eigenvalue weighted by Crippen LogP contribution is -2.48. The maximum absolute atomic E-state index is 13.5. The van der Waals surface area contributed by atoms with Crippen molar-refractivity contribution < 1.29 is 14.0 Å². The van der Waals surface area contributed by atoms with Crippen molar-refractivity contribution in [3.05, 3.63) is 83.2 Å². The number of oxime groups is 1. The molecule has 1 aromatic heterocycles. The van der Waals surface area contributed by atoms with Gasteiger partial charge in [0, 0.05) is 24.7 Å². The number of methoxy groups -OCH3 is 1. The van der Waals surface area contributed by atoms with Crippen LogP contribution in [0, 0.1) is 12.7 Å². The van der Waals surface area contributed by atoms with Crippen molar-refractivity contribution in [1.82, 2.24) is 14.5 Å². The quantitative estimate of drug-likeness (QED) is 0.526. The number of fused-ring (bicyclic) bond motifs is 1. The van der Waals surface area contributed by atoms with Gasteiger partial charge < -0.3 is 19.0 Å². The number of aryl methyl sites for hydroxylation is 1. The molecule has 2 aliphatic rings. The van der Waals surface area contributed by atoms with Gasteiger partial charge in [0.15, 0.2) is 5.84 Å². The van der Waals surface area contributed by atoms with Crippen LogP contribution in [0.2, 0.25) is 0 Å². The molecule has 0 radical (unpaired) electrons. The van der Waals surface area contributed by atoms with E-state index in [1.165, 1.54) is 12.1 Å². The highest BCUT2D eigenvalue weighted by Gasteiger charge is 2.48. The molecule has 1 atom stereocenters. The monoisotopic (exact) mass is 446 g/mol. The Kier molecular flexibility index (Phi) is 5.40. The summed E-state index contributed by atoms with van der Waals surface area (Å²) in [6, 6.07) is 12.7. The first-order valence-electron chi connectivity index (χ1n) is 11.2. The summed E-state index contributed by atoms with van der Waals surface area (Å²) in [4.78, 5) is 12.6. The van der Waals surface area contributed by atoms with Crippen LogP contribution in [0.1, 0.15) is 43.0 Å². The van der Waals surface area contributed by atoms with E-state index in [0.29, 0.717) is 6.42 Å². The van der Waals surface area contributed by atoms with Crippen molar-refractivity contribution in [2.45, 2.75) is 38.8 Å². The lowest BCUT2D eigenvalue weighted by molar-refractivity contribution is -0.109. The molecule has 170 valence electrons. The van der Waals surface area contributed by atoms with E-state index in [1.807, 2.05) is 29.8 Å². The van der Waals surface area contributed by atoms with Gasteiger partial charge in [0.05, 0.1) is 24.8 Å². The minimum Gasteiger partial charge on any atom is -0.495 e. The number of halogens is 1. The number of amidine groups is 1. The topological polar surface area (TPSA) is 51.9 Å². The summed E-state index contributed by atoms with van der Waals surface area (Å²) < 4.78 is 21.2. The first kappa shape index (κ1) is 21.2. The van der Waals surface area contributed by atoms with Crippen LogP contribution in [0.4, 0.5) is 4.39 Å². The fraction of sp³-hybridized carbons (Fsp3) is 0.308. The number of hydrogen-bond donors (Lipinski definition) is 0. The number of rotatable bonds is 5. The van der Waals surface area contributed by atoms with E-state index < -0.39 is 5.72 Å². The lowest BCUT2D eigenvalue weighted by Gasteiger charge is -2.39. The Morgan fingerprint density at radius 2 is 2.03 bits per heavy atom. The molecule has 0 aliphatic carbocycles. The van der Waals surface area contributed by atoms with Crippen molar-refractivity contribution in [2.24, 2.45) is 5.16 Å². The molecule has 2 aliphatic heterocycles. The molecular weight excluding hydrogens is 419 g/mol. The number of aromatic nitrogens is 2. The van der Waals surface area contributed by atoms with Gasteiger partial charge in [0.2, 0.25) is 5.72 Å². The Morgan fingerprint density at radius 3 is 2.73 bits per heavy atom. The molecule has 0 spiro atoms. The zero-order chi connectivity index (χ0) is 23.0. The first-order chi connectivity index (χ1) is 16.0. The Balaban J connectivity index is 1.47. The number of nitrogens with zero attached hydrogens (tertiary/aromatic N) is 4. The Hall–Kier alpha value is -3.61. The van der Waals surface area contributed by atoms with Gasteiger partial charge in [-0.05, 0) is 61.2 Å². The van der Waals surface area contributed by atoms with Crippen LogP contribution < -0.4 is 4.74 Å². The first-order valence-corrected chi connectivity index (χ1v) is 11.2. The van der Waals surface area contributed by atoms with E-state index in [1.54, 1.807) is 25.6 Å². The van der Waals surface area contributed by atoms with Crippen molar-refractivity contribution >= 4 is 11.9 Å². The van der Waals surface area contributed by atoms with Crippen LogP contribution >= 0.6 is 0 Å². The predicted octanol–water partition coefficient (Wildman–Crippen LogP) is 5.41. The van der Waals surface area contributed by atoms with Gasteiger partial charge >= 0.3 is 0 Å². The second kappa shape index (κ2) is 8.39. The summed E-state index contributed by atoms with van der Waals surface area (Å²) in [6.45, 7) is 4.87. The average Bonchev–Trinajstić information content (AvgIpc) is 3.44. The maximum Gasteiger partial charge on any atom is 0.237 e. The molecule has 7 heteroatoms. The SMILES string of the molecule is CCC1(c2ccc(F)cc2)ON=C2/C(=C/c3ccc(-n4cnc(C)c4)c(OC)c3)CCCN21. The third-order valence-electron chi connectivity index (χ3n) is 6.40. The highest BCUT2D eigenvalue weighted by Crippen LogP contribution is 2.42. The summed E-state index contributed by atoms with van der Waals surface area (Å²) in [7, 11) is 1.68. The van der Waals surface area contributed by atoms with E-state index >= 15 is 0 Å². The van der Waals surface area contributed by atoms with Crippen molar-refractivity contribution in [3.63, 3.8) is 0 Å². The number of ether oxygens (including phenoxy) is 1. The van der Waals surface area contributed by atoms with E-state index in [2.05, 4.69) is 34.1 Å². The fourth-order valence-corrected chi connectivity index (χ4v) is 4.71. The number of piperidine rings is 1. The number of imidazole rings is 1. The molecule has 1 unspecified atom stereocenters. The molecule has 33 heavy (non-hydrogen) atoms. The molecule has 2 aromatic carbocycles. The van der Waals surface area contributed by atoms with Gasteiger partial charge in [0.1, 0.15) is 11.6 Å². The summed E-state index contributed by atoms with van der Waals surface area (Å²) >= 11 is 0. The smallest absolute Gasteiger partial charge is 0.237 e. The largest absolute Gasteiger partial charge is 0.495 e. The van der Waals surface area contributed by atoms with E-state index in [0.717, 1.165) is 59.1 Å². The van der Waals surface area contributed by atoms with Gasteiger partial charge in [-0.1, -0.05) is 30.3 Å². The van der Waals surface area contributed by atoms with E-state index in [-0.39, 0.29) is 5.82 Å². The number of benzene rings is 2. The van der Waals surface area contributed by atoms with Crippen LogP contribution in [0.15, 0.2) is 65.7 Å². The fourth-order valence-electron chi connectivity index (χ4n) is 4.71. The molecular formula is C26H27FN4O2. The van der Waals surface area contributed by atoms with E-state index in [9.17, 15) is 4.39 Å². The van der Waals surface area contributed by atoms with Crippen LogP contribution in [0.5, 0.6) is 5.75 Å². The number of hydrogen-bond acceptors (Lipinski definition) is 5. The molecule has 5 rings (SSSR count). The molecule has 0 bridgehead atoms. The van der Waals surface area contributed by atoms with E-state index in [4.69, 9.17) is 9.57 Å². The molecule has 6 nitrogen and oxygen atoms in total. The van der Waals surface area contributed by atoms with Gasteiger partial charge in [-0.3, -0.25) is 0 Å². The minimum atomic E-state index is -0.705. The third kappa shape index (κ3) is 3.67. The van der Waals surface area contributed by atoms with Gasteiger partial charge in [-0.15, -0.1) is 0 Å². The zero-order valence-corrected chi connectivity index (χ0v) is 19.1. The highest BCUT2D eigenvalue weighted by molar-refractivity contribution is 6.03. The standard InChI is InChI=1S/C26H27FN4O2/c1-4-26(21-8-10-22(27)11-9-21)31-13-5-6-20(25(31)29-33-26)14-19-7-12-23(24(15-19)32-3)30-16-18(2)28-17-30/h7-12,14-17H,4-6,13H2,1-3H3/b20-14+. The Morgan fingerprint density at radius 1 is 1.21 bits per heavy atom. The molecule has 1 fully saturated rings. The normalized spacial score (nSPS) is 21.0. The molecule has 0 amide bonds. The maximum atomic E-state index is 13.5. The molecule has 1 saturated heterocycles. The van der Waals surface area contributed by atoms with Crippen molar-refractivity contribution in [2.75, 3.05) is 13.7 Å². The average molecular weight is 447 g/mol. The molecule has 3 aromatic rings. The zero-order valence-electron chi connectivity index (χ0n) is 19.1. The third-order valence-corrected chi connectivity index (χ3v) is 6.40. The molecule has 3 heterocycles. The minimum absolute atomic E-state index is 0.258. The molecule has 0 saturated carbocycles. The second-order valence-electron chi connectivity index (χ2n) is 8.43. The van der Waals surface area contributed by atoms with Crippen LogP contribution in [0.25, 0.3) is 11.8 Å². The van der Waals surface area contributed by atoms with Crippen molar-refractivity contribution in [3.8, 4) is 11.4 Å².